The molecule has 10 heteroatoms. The Bertz CT molecular complexity index is 1140. The molecule has 2 aliphatic rings. The summed E-state index contributed by atoms with van der Waals surface area (Å²) in [6.07, 6.45) is -1.31. The number of amides is 1. The van der Waals surface area contributed by atoms with Crippen LogP contribution in [-0.4, -0.2) is 62.5 Å². The normalized spacial score (nSPS) is 19.7. The molecule has 2 aromatic heterocycles. The van der Waals surface area contributed by atoms with E-state index >= 15 is 0 Å². The molecule has 2 aliphatic heterocycles. The Morgan fingerprint density at radius 3 is 2.65 bits per heavy atom. The Balaban J connectivity index is 1.58. The Labute approximate surface area is 184 Å². The third kappa shape index (κ3) is 3.71. The monoisotopic (exact) mass is 493 g/mol. The molecule has 2 fully saturated rings. The van der Waals surface area contributed by atoms with Crippen molar-refractivity contribution in [3.05, 3.63) is 52.3 Å². The summed E-state index contributed by atoms with van der Waals surface area (Å²) < 4.78 is 42.9. The predicted octanol–water partition coefficient (Wildman–Crippen LogP) is 4.10. The zero-order chi connectivity index (χ0) is 21.8. The molecule has 4 heterocycles. The third-order valence-corrected chi connectivity index (χ3v) is 6.54. The molecule has 0 N–H and O–H groups in total. The van der Waals surface area contributed by atoms with Crippen molar-refractivity contribution in [2.45, 2.75) is 25.1 Å². The molecule has 162 valence electrons. The van der Waals surface area contributed by atoms with Gasteiger partial charge in [0.1, 0.15) is 5.56 Å². The molecule has 2 saturated heterocycles. The van der Waals surface area contributed by atoms with Crippen molar-refractivity contribution in [3.8, 4) is 11.3 Å². The highest BCUT2D eigenvalue weighted by Crippen LogP contribution is 2.33. The van der Waals surface area contributed by atoms with Gasteiger partial charge in [0, 0.05) is 35.7 Å². The largest absolute Gasteiger partial charge is 0.433 e. The number of aromatic nitrogens is 3. The summed E-state index contributed by atoms with van der Waals surface area (Å²) in [7, 11) is 0. The van der Waals surface area contributed by atoms with Crippen molar-refractivity contribution in [2.24, 2.45) is 0 Å². The zero-order valence-electron chi connectivity index (χ0n) is 16.4. The number of benzene rings is 1. The molecule has 5 rings (SSSR count). The highest BCUT2D eigenvalue weighted by atomic mass is 79.9. The summed E-state index contributed by atoms with van der Waals surface area (Å²) in [5, 5.41) is 3.89. The van der Waals surface area contributed by atoms with Crippen LogP contribution in [0, 0.1) is 0 Å². The first-order valence-corrected chi connectivity index (χ1v) is 10.9. The van der Waals surface area contributed by atoms with Gasteiger partial charge in [0.2, 0.25) is 0 Å². The fourth-order valence-corrected chi connectivity index (χ4v) is 4.69. The summed E-state index contributed by atoms with van der Waals surface area (Å²) in [6, 6.07) is 8.11. The first-order valence-electron chi connectivity index (χ1n) is 10.1. The average molecular weight is 494 g/mol. The lowest BCUT2D eigenvalue weighted by Crippen LogP contribution is -2.52. The van der Waals surface area contributed by atoms with Crippen LogP contribution in [0.2, 0.25) is 0 Å². The number of fused-ring (bicyclic) bond motifs is 2. The fraction of sp³-hybridized carbons (Fsp3) is 0.381. The Morgan fingerprint density at radius 2 is 1.90 bits per heavy atom. The van der Waals surface area contributed by atoms with Crippen LogP contribution in [0.3, 0.4) is 0 Å². The van der Waals surface area contributed by atoms with E-state index in [9.17, 15) is 18.0 Å². The Hall–Kier alpha value is -2.46. The van der Waals surface area contributed by atoms with Crippen LogP contribution in [0.25, 0.3) is 16.9 Å². The lowest BCUT2D eigenvalue weighted by atomic mass is 10.1. The summed E-state index contributed by atoms with van der Waals surface area (Å²) >= 11 is 3.32. The van der Waals surface area contributed by atoms with E-state index in [2.05, 4.69) is 30.9 Å². The second-order valence-electron chi connectivity index (χ2n) is 7.91. The van der Waals surface area contributed by atoms with Gasteiger partial charge in [0.15, 0.2) is 11.3 Å². The molecular formula is C21H19BrF3N5O. The molecule has 0 radical (unpaired) electrons. The lowest BCUT2D eigenvalue weighted by Gasteiger charge is -2.37. The van der Waals surface area contributed by atoms with Gasteiger partial charge in [-0.05, 0) is 37.6 Å². The van der Waals surface area contributed by atoms with Crippen LogP contribution in [0.5, 0.6) is 0 Å². The van der Waals surface area contributed by atoms with Crippen molar-refractivity contribution in [3.63, 3.8) is 0 Å². The van der Waals surface area contributed by atoms with Crippen LogP contribution >= 0.6 is 15.9 Å². The average Bonchev–Trinajstić information content (AvgIpc) is 3.38. The standard InChI is InChI=1S/C21H19BrF3N5O/c22-14-5-3-13(4-6-14)17-10-18(21(23,24)25)30-19(27-17)16(11-26-30)20(31)29-9-8-28-7-1-2-15(28)12-29/h3-6,10-11,15H,1-2,7-9,12H2/t15-/m1/s1. The molecule has 1 atom stereocenters. The van der Waals surface area contributed by atoms with Crippen LogP contribution < -0.4 is 0 Å². The molecule has 31 heavy (non-hydrogen) atoms. The number of hydrogen-bond acceptors (Lipinski definition) is 4. The SMILES string of the molecule is O=C(c1cnn2c(C(F)(F)F)cc(-c3ccc(Br)cc3)nc12)N1CCN2CCC[C@@H]2C1. The second-order valence-corrected chi connectivity index (χ2v) is 8.82. The number of carbonyl (C=O) groups excluding carboxylic acids is 1. The van der Waals surface area contributed by atoms with Gasteiger partial charge in [-0.2, -0.15) is 18.3 Å². The third-order valence-electron chi connectivity index (χ3n) is 6.01. The van der Waals surface area contributed by atoms with E-state index in [1.807, 2.05) is 0 Å². The lowest BCUT2D eigenvalue weighted by molar-refractivity contribution is -0.142. The molecule has 1 amide bonds. The Morgan fingerprint density at radius 1 is 1.13 bits per heavy atom. The number of piperazine rings is 1. The summed E-state index contributed by atoms with van der Waals surface area (Å²) in [6.45, 7) is 2.94. The second kappa shape index (κ2) is 7.59. The van der Waals surface area contributed by atoms with Gasteiger partial charge >= 0.3 is 6.18 Å². The molecule has 0 spiro atoms. The Kier molecular flexibility index (Phi) is 5.01. The van der Waals surface area contributed by atoms with Crippen molar-refractivity contribution in [1.82, 2.24) is 24.4 Å². The van der Waals surface area contributed by atoms with Crippen LogP contribution in [0.1, 0.15) is 28.9 Å². The number of rotatable bonds is 2. The van der Waals surface area contributed by atoms with Crippen LogP contribution in [-0.2, 0) is 6.18 Å². The summed E-state index contributed by atoms with van der Waals surface area (Å²) in [4.78, 5) is 21.7. The molecule has 3 aromatic rings. The molecular weight excluding hydrogens is 475 g/mol. The number of hydrogen-bond donors (Lipinski definition) is 0. The van der Waals surface area contributed by atoms with Crippen LogP contribution in [0.15, 0.2) is 41.0 Å². The van der Waals surface area contributed by atoms with E-state index in [0.29, 0.717) is 24.7 Å². The summed E-state index contributed by atoms with van der Waals surface area (Å²) in [5.41, 5.74) is -0.282. The number of carbonyl (C=O) groups is 1. The molecule has 0 bridgehead atoms. The van der Waals surface area contributed by atoms with Crippen LogP contribution in [0.4, 0.5) is 13.2 Å². The van der Waals surface area contributed by atoms with Crippen molar-refractivity contribution < 1.29 is 18.0 Å². The van der Waals surface area contributed by atoms with E-state index in [4.69, 9.17) is 0 Å². The first-order chi connectivity index (χ1) is 14.8. The first kappa shape index (κ1) is 20.4. The van der Waals surface area contributed by atoms with Crippen molar-refractivity contribution in [1.29, 1.82) is 0 Å². The number of alkyl halides is 3. The van der Waals surface area contributed by atoms with Crippen molar-refractivity contribution >= 4 is 27.5 Å². The maximum absolute atomic E-state index is 13.8. The molecule has 0 saturated carbocycles. The highest BCUT2D eigenvalue weighted by Gasteiger charge is 2.37. The van der Waals surface area contributed by atoms with E-state index in [0.717, 1.165) is 41.0 Å². The molecule has 1 aromatic carbocycles. The minimum absolute atomic E-state index is 0.0772. The summed E-state index contributed by atoms with van der Waals surface area (Å²) in [5.74, 6) is -0.324. The topological polar surface area (TPSA) is 53.7 Å². The molecule has 0 unspecified atom stereocenters. The van der Waals surface area contributed by atoms with Gasteiger partial charge in [-0.3, -0.25) is 9.69 Å². The maximum Gasteiger partial charge on any atom is 0.433 e. The van der Waals surface area contributed by atoms with Gasteiger partial charge in [-0.1, -0.05) is 28.1 Å². The fourth-order valence-electron chi connectivity index (χ4n) is 4.43. The van der Waals surface area contributed by atoms with E-state index in [1.54, 1.807) is 29.2 Å². The minimum Gasteiger partial charge on any atom is -0.336 e. The van der Waals surface area contributed by atoms with E-state index in [1.165, 1.54) is 6.20 Å². The van der Waals surface area contributed by atoms with Gasteiger partial charge in [-0.15, -0.1) is 0 Å². The van der Waals surface area contributed by atoms with Gasteiger partial charge in [-0.25, -0.2) is 9.50 Å². The van der Waals surface area contributed by atoms with E-state index < -0.39 is 11.9 Å². The number of nitrogens with zero attached hydrogens (tertiary/aromatic N) is 5. The van der Waals surface area contributed by atoms with Gasteiger partial charge in [0.25, 0.3) is 5.91 Å². The molecule has 0 aliphatic carbocycles. The van der Waals surface area contributed by atoms with Gasteiger partial charge in [0.05, 0.1) is 11.9 Å². The smallest absolute Gasteiger partial charge is 0.336 e. The minimum atomic E-state index is -4.65. The van der Waals surface area contributed by atoms with Gasteiger partial charge < -0.3 is 4.90 Å². The van der Waals surface area contributed by atoms with E-state index in [-0.39, 0.29) is 22.8 Å². The maximum atomic E-state index is 13.8. The highest BCUT2D eigenvalue weighted by molar-refractivity contribution is 9.10. The predicted molar refractivity (Wildman–Crippen MR) is 112 cm³/mol. The molecule has 6 nitrogen and oxygen atoms in total. The quantitative estimate of drug-likeness (QED) is 0.539. The number of halogens is 4. The van der Waals surface area contributed by atoms with Crippen molar-refractivity contribution in [2.75, 3.05) is 26.2 Å². The zero-order valence-corrected chi connectivity index (χ0v) is 18.0.